The van der Waals surface area contributed by atoms with E-state index in [-0.39, 0.29) is 31.1 Å². The van der Waals surface area contributed by atoms with Crippen molar-refractivity contribution in [1.29, 1.82) is 0 Å². The van der Waals surface area contributed by atoms with Gasteiger partial charge in [-0.1, -0.05) is 298 Å². The number of esters is 3. The van der Waals surface area contributed by atoms with Gasteiger partial charge in [0.05, 0.1) is 0 Å². The van der Waals surface area contributed by atoms with Crippen LogP contribution in [0.4, 0.5) is 0 Å². The van der Waals surface area contributed by atoms with Gasteiger partial charge in [0.1, 0.15) is 13.2 Å². The minimum atomic E-state index is -0.762. The molecule has 1 atom stereocenters. The highest BCUT2D eigenvalue weighted by Gasteiger charge is 2.19. The molecule has 0 saturated heterocycles. The van der Waals surface area contributed by atoms with Crippen LogP contribution in [0.5, 0.6) is 0 Å². The van der Waals surface area contributed by atoms with Crippen molar-refractivity contribution >= 4 is 17.9 Å². The minimum Gasteiger partial charge on any atom is -0.462 e. The Morgan fingerprint density at radius 3 is 0.742 bits per heavy atom. The summed E-state index contributed by atoms with van der Waals surface area (Å²) in [7, 11) is 0. The minimum absolute atomic E-state index is 0.0623. The van der Waals surface area contributed by atoms with Gasteiger partial charge in [-0.05, 0) is 31.1 Å². The van der Waals surface area contributed by atoms with Gasteiger partial charge in [0.2, 0.25) is 0 Å². The third kappa shape index (κ3) is 53.4. The zero-order chi connectivity index (χ0) is 48.2. The lowest BCUT2D eigenvalue weighted by molar-refractivity contribution is -0.167. The predicted molar refractivity (Wildman–Crippen MR) is 284 cm³/mol. The molecular formula is C60H116O6. The standard InChI is InChI=1S/C60H116O6/c1-6-7-8-9-10-11-12-18-27-32-37-42-47-52-60(63)66-57(54-65-59(62)51-46-41-36-31-26-22-17-16-20-24-29-34-39-44-49-56(4)5)53-64-58(61)50-45-40-35-30-25-21-15-13-14-19-23-28-33-38-43-48-55(2)3/h55-57H,6-54H2,1-5H3/t57-/m0/s1. The van der Waals surface area contributed by atoms with Crippen molar-refractivity contribution in [3.63, 3.8) is 0 Å². The fourth-order valence-electron chi connectivity index (χ4n) is 9.23. The first-order valence-corrected chi connectivity index (χ1v) is 29.7. The predicted octanol–water partition coefficient (Wildman–Crippen LogP) is 19.7. The topological polar surface area (TPSA) is 78.9 Å². The molecule has 0 aliphatic carbocycles. The molecule has 6 nitrogen and oxygen atoms in total. The van der Waals surface area contributed by atoms with Gasteiger partial charge in [0.15, 0.2) is 6.10 Å². The molecule has 0 saturated carbocycles. The van der Waals surface area contributed by atoms with Crippen molar-refractivity contribution in [3.8, 4) is 0 Å². The normalized spacial score (nSPS) is 12.0. The van der Waals surface area contributed by atoms with E-state index >= 15 is 0 Å². The second-order valence-electron chi connectivity index (χ2n) is 21.6. The Kier molecular flexibility index (Phi) is 51.5. The molecule has 0 radical (unpaired) electrons. The van der Waals surface area contributed by atoms with Crippen LogP contribution in [0.2, 0.25) is 0 Å². The highest BCUT2D eigenvalue weighted by atomic mass is 16.6. The summed E-state index contributed by atoms with van der Waals surface area (Å²) in [5.74, 6) is 0.858. The highest BCUT2D eigenvalue weighted by molar-refractivity contribution is 5.71. The third-order valence-corrected chi connectivity index (χ3v) is 13.7. The molecule has 0 unspecified atom stereocenters. The van der Waals surface area contributed by atoms with E-state index in [1.165, 1.54) is 225 Å². The lowest BCUT2D eigenvalue weighted by Crippen LogP contribution is -2.30. The van der Waals surface area contributed by atoms with Crippen molar-refractivity contribution in [1.82, 2.24) is 0 Å². The van der Waals surface area contributed by atoms with E-state index in [9.17, 15) is 14.4 Å². The Labute approximate surface area is 412 Å². The van der Waals surface area contributed by atoms with Crippen LogP contribution >= 0.6 is 0 Å². The van der Waals surface area contributed by atoms with Crippen LogP contribution < -0.4 is 0 Å². The summed E-state index contributed by atoms with van der Waals surface area (Å²) in [5, 5.41) is 0. The van der Waals surface area contributed by atoms with Crippen LogP contribution in [0.25, 0.3) is 0 Å². The summed E-state index contributed by atoms with van der Waals surface area (Å²) in [6, 6.07) is 0. The zero-order valence-corrected chi connectivity index (χ0v) is 45.3. The Morgan fingerprint density at radius 1 is 0.288 bits per heavy atom. The van der Waals surface area contributed by atoms with E-state index in [2.05, 4.69) is 34.6 Å². The number of hydrogen-bond acceptors (Lipinski definition) is 6. The van der Waals surface area contributed by atoms with Crippen molar-refractivity contribution in [3.05, 3.63) is 0 Å². The quantitative estimate of drug-likeness (QED) is 0.0343. The van der Waals surface area contributed by atoms with Crippen LogP contribution in [0.1, 0.15) is 336 Å². The summed E-state index contributed by atoms with van der Waals surface area (Å²) in [6.45, 7) is 11.4. The second-order valence-corrected chi connectivity index (χ2v) is 21.6. The van der Waals surface area contributed by atoms with Gasteiger partial charge in [-0.2, -0.15) is 0 Å². The number of ether oxygens (including phenoxy) is 3. The highest BCUT2D eigenvalue weighted by Crippen LogP contribution is 2.18. The molecule has 0 aliphatic heterocycles. The van der Waals surface area contributed by atoms with Gasteiger partial charge in [-0.3, -0.25) is 14.4 Å². The summed E-state index contributed by atoms with van der Waals surface area (Å²) in [4.78, 5) is 38.2. The van der Waals surface area contributed by atoms with Gasteiger partial charge >= 0.3 is 17.9 Å². The molecule has 0 aromatic carbocycles. The van der Waals surface area contributed by atoms with E-state index in [4.69, 9.17) is 14.2 Å². The maximum Gasteiger partial charge on any atom is 0.306 e. The maximum absolute atomic E-state index is 12.8. The largest absolute Gasteiger partial charge is 0.462 e. The van der Waals surface area contributed by atoms with E-state index in [1.54, 1.807) is 0 Å². The number of hydrogen-bond donors (Lipinski definition) is 0. The molecule has 0 N–H and O–H groups in total. The first-order valence-electron chi connectivity index (χ1n) is 29.7. The van der Waals surface area contributed by atoms with Gasteiger partial charge in [0, 0.05) is 19.3 Å². The summed E-state index contributed by atoms with van der Waals surface area (Å²) in [5.41, 5.74) is 0. The molecule has 392 valence electrons. The summed E-state index contributed by atoms with van der Waals surface area (Å²) < 4.78 is 16.9. The number of carbonyl (C=O) groups is 3. The fraction of sp³-hybridized carbons (Fsp3) is 0.950. The monoisotopic (exact) mass is 933 g/mol. The maximum atomic E-state index is 12.8. The Balaban J connectivity index is 4.27. The smallest absolute Gasteiger partial charge is 0.306 e. The SMILES string of the molecule is CCCCCCCCCCCCCCCC(=O)O[C@@H](COC(=O)CCCCCCCCCCCCCCCCCC(C)C)COC(=O)CCCCCCCCCCCCCCCCC(C)C. The molecule has 0 rings (SSSR count). The summed E-state index contributed by atoms with van der Waals surface area (Å²) >= 11 is 0. The lowest BCUT2D eigenvalue weighted by atomic mass is 10.0. The van der Waals surface area contributed by atoms with E-state index < -0.39 is 6.10 Å². The molecule has 0 aromatic rings. The van der Waals surface area contributed by atoms with Gasteiger partial charge in [0.25, 0.3) is 0 Å². The molecule has 0 heterocycles. The molecule has 0 aliphatic rings. The summed E-state index contributed by atoms with van der Waals surface area (Å²) in [6.07, 6.45) is 56.6. The van der Waals surface area contributed by atoms with Crippen molar-refractivity contribution in [2.45, 2.75) is 343 Å². The second kappa shape index (κ2) is 52.8. The Morgan fingerprint density at radius 2 is 0.500 bits per heavy atom. The van der Waals surface area contributed by atoms with Crippen molar-refractivity contribution in [2.24, 2.45) is 11.8 Å². The first-order chi connectivity index (χ1) is 32.2. The average Bonchev–Trinajstić information content (AvgIpc) is 3.29. The average molecular weight is 934 g/mol. The van der Waals surface area contributed by atoms with Gasteiger partial charge in [-0.15, -0.1) is 0 Å². The molecule has 0 spiro atoms. The molecule has 6 heteroatoms. The molecule has 0 aromatic heterocycles. The molecule has 66 heavy (non-hydrogen) atoms. The number of carbonyl (C=O) groups excluding carboxylic acids is 3. The van der Waals surface area contributed by atoms with E-state index in [0.29, 0.717) is 19.3 Å². The Hall–Kier alpha value is -1.59. The molecule has 0 fully saturated rings. The molecule has 0 amide bonds. The Bertz CT molecular complexity index is 1010. The fourth-order valence-corrected chi connectivity index (χ4v) is 9.23. The van der Waals surface area contributed by atoms with E-state index in [1.807, 2.05) is 0 Å². The van der Waals surface area contributed by atoms with Crippen LogP contribution in [-0.4, -0.2) is 37.2 Å². The van der Waals surface area contributed by atoms with Crippen molar-refractivity contribution in [2.75, 3.05) is 13.2 Å². The number of unbranched alkanes of at least 4 members (excludes halogenated alkanes) is 39. The third-order valence-electron chi connectivity index (χ3n) is 13.7. The lowest BCUT2D eigenvalue weighted by Gasteiger charge is -2.18. The van der Waals surface area contributed by atoms with E-state index in [0.717, 1.165) is 69.6 Å². The van der Waals surface area contributed by atoms with Crippen molar-refractivity contribution < 1.29 is 28.6 Å². The molecule has 0 bridgehead atoms. The van der Waals surface area contributed by atoms with Crippen LogP contribution in [0.3, 0.4) is 0 Å². The van der Waals surface area contributed by atoms with Gasteiger partial charge in [-0.25, -0.2) is 0 Å². The van der Waals surface area contributed by atoms with Crippen LogP contribution in [-0.2, 0) is 28.6 Å². The zero-order valence-electron chi connectivity index (χ0n) is 45.3. The molecular weight excluding hydrogens is 817 g/mol. The first kappa shape index (κ1) is 64.4. The van der Waals surface area contributed by atoms with Crippen LogP contribution in [0.15, 0.2) is 0 Å². The van der Waals surface area contributed by atoms with Gasteiger partial charge < -0.3 is 14.2 Å². The van der Waals surface area contributed by atoms with Crippen LogP contribution in [0, 0.1) is 11.8 Å². The number of rotatable bonds is 54.